The summed E-state index contributed by atoms with van der Waals surface area (Å²) in [4.78, 5) is 0. The van der Waals surface area contributed by atoms with Crippen LogP contribution in [0, 0.1) is 6.92 Å². The molecule has 1 aliphatic rings. The number of rotatable bonds is 4. The zero-order valence-electron chi connectivity index (χ0n) is 12.8. The van der Waals surface area contributed by atoms with Crippen molar-refractivity contribution in [3.63, 3.8) is 0 Å². The number of nitrogens with one attached hydrogen (secondary N) is 1. The second kappa shape index (κ2) is 6.01. The normalized spacial score (nSPS) is 21.2. The van der Waals surface area contributed by atoms with Crippen LogP contribution >= 0.6 is 11.6 Å². The number of aromatic nitrogens is 2. The monoisotopic (exact) mass is 314 g/mol. The Kier molecular flexibility index (Phi) is 4.08. The molecule has 0 fully saturated rings. The summed E-state index contributed by atoms with van der Waals surface area (Å²) in [5.74, 6) is 0.746. The molecule has 4 heteroatoms. The molecule has 3 nitrogen and oxygen atoms in total. The van der Waals surface area contributed by atoms with E-state index in [0.717, 1.165) is 29.1 Å². The maximum Gasteiger partial charge on any atom is 0.134 e. The molecule has 2 aromatic rings. The van der Waals surface area contributed by atoms with Crippen molar-refractivity contribution in [2.75, 3.05) is 0 Å². The number of H-pyrrole nitrogens is 1. The van der Waals surface area contributed by atoms with Gasteiger partial charge in [0, 0.05) is 11.1 Å². The molecule has 1 atom stereocenters. The predicted molar refractivity (Wildman–Crippen MR) is 88.5 cm³/mol. The molecule has 3 rings (SSSR count). The summed E-state index contributed by atoms with van der Waals surface area (Å²) in [6, 6.07) is 12.1. The van der Waals surface area contributed by atoms with Crippen LogP contribution in [-0.4, -0.2) is 10.2 Å². The molecular formula is C18H19ClN2O. The Labute approximate surface area is 135 Å². The minimum atomic E-state index is -0.193. The molecule has 0 saturated heterocycles. The van der Waals surface area contributed by atoms with Gasteiger partial charge in [-0.25, -0.2) is 0 Å². The van der Waals surface area contributed by atoms with Gasteiger partial charge >= 0.3 is 0 Å². The van der Waals surface area contributed by atoms with Gasteiger partial charge in [-0.2, -0.15) is 5.10 Å². The second-order valence-corrected chi connectivity index (χ2v) is 6.30. The molecule has 1 N–H and O–H groups in total. The Morgan fingerprint density at radius 3 is 2.73 bits per heavy atom. The molecule has 0 saturated carbocycles. The summed E-state index contributed by atoms with van der Waals surface area (Å²) in [5, 5.41) is 8.00. The molecule has 1 unspecified atom stereocenters. The standard InChI is InChI=1S/C18H19ClN2O/c1-13-10-17(21-20-13)18(2)9-8-16(15(19)11-18)22-12-14-6-4-3-5-7-14/h3-8,10-11H,9,12H2,1-2H3,(H,20,21). The van der Waals surface area contributed by atoms with Gasteiger partial charge in [0.05, 0.1) is 10.7 Å². The Morgan fingerprint density at radius 1 is 1.32 bits per heavy atom. The summed E-state index contributed by atoms with van der Waals surface area (Å²) < 4.78 is 5.85. The van der Waals surface area contributed by atoms with Crippen molar-refractivity contribution in [2.24, 2.45) is 0 Å². The van der Waals surface area contributed by atoms with E-state index in [1.807, 2.05) is 43.3 Å². The fraction of sp³-hybridized carbons (Fsp3) is 0.278. The molecule has 114 valence electrons. The minimum Gasteiger partial charge on any atom is -0.488 e. The molecule has 0 aliphatic heterocycles. The number of halogens is 1. The molecule has 0 spiro atoms. The van der Waals surface area contributed by atoms with Crippen LogP contribution in [0.5, 0.6) is 0 Å². The lowest BCUT2D eigenvalue weighted by Gasteiger charge is -2.27. The van der Waals surface area contributed by atoms with Crippen molar-refractivity contribution < 1.29 is 4.74 Å². The van der Waals surface area contributed by atoms with Gasteiger partial charge in [0.25, 0.3) is 0 Å². The van der Waals surface area contributed by atoms with Crippen LogP contribution in [0.15, 0.2) is 59.3 Å². The first-order chi connectivity index (χ1) is 10.6. The molecule has 0 radical (unpaired) electrons. The lowest BCUT2D eigenvalue weighted by atomic mass is 9.80. The summed E-state index contributed by atoms with van der Waals surface area (Å²) in [7, 11) is 0. The van der Waals surface area contributed by atoms with E-state index in [0.29, 0.717) is 11.6 Å². The highest BCUT2D eigenvalue weighted by molar-refractivity contribution is 6.31. The van der Waals surface area contributed by atoms with E-state index in [1.165, 1.54) is 0 Å². The van der Waals surface area contributed by atoms with Crippen molar-refractivity contribution in [1.29, 1.82) is 0 Å². The van der Waals surface area contributed by atoms with Gasteiger partial charge in [0.1, 0.15) is 12.4 Å². The third kappa shape index (κ3) is 3.09. The van der Waals surface area contributed by atoms with Gasteiger partial charge < -0.3 is 4.74 Å². The molecule has 1 heterocycles. The van der Waals surface area contributed by atoms with Crippen LogP contribution < -0.4 is 0 Å². The van der Waals surface area contributed by atoms with Crippen molar-refractivity contribution in [3.8, 4) is 0 Å². The average Bonchev–Trinajstić information content (AvgIpc) is 2.95. The highest BCUT2D eigenvalue weighted by Crippen LogP contribution is 2.37. The van der Waals surface area contributed by atoms with E-state index in [1.54, 1.807) is 0 Å². The van der Waals surface area contributed by atoms with Gasteiger partial charge in [-0.1, -0.05) is 48.9 Å². The maximum absolute atomic E-state index is 6.42. The Bertz CT molecular complexity index is 718. The van der Waals surface area contributed by atoms with Crippen molar-refractivity contribution >= 4 is 11.6 Å². The molecule has 0 amide bonds. The number of ether oxygens (including phenoxy) is 1. The van der Waals surface area contributed by atoms with Crippen molar-refractivity contribution in [2.45, 2.75) is 32.3 Å². The SMILES string of the molecule is Cc1cc(C2(C)C=C(Cl)C(OCc3ccccc3)=CC2)n[nH]1. The molecular weight excluding hydrogens is 296 g/mol. The third-order valence-electron chi connectivity index (χ3n) is 3.92. The first-order valence-corrected chi connectivity index (χ1v) is 7.73. The van der Waals surface area contributed by atoms with Gasteiger partial charge in [-0.05, 0) is 37.1 Å². The van der Waals surface area contributed by atoms with Crippen LogP contribution in [0.2, 0.25) is 0 Å². The largest absolute Gasteiger partial charge is 0.488 e. The van der Waals surface area contributed by atoms with Crippen LogP contribution in [0.3, 0.4) is 0 Å². The second-order valence-electron chi connectivity index (χ2n) is 5.89. The summed E-state index contributed by atoms with van der Waals surface area (Å²) in [6.45, 7) is 4.66. The van der Waals surface area contributed by atoms with Crippen LogP contribution in [-0.2, 0) is 16.8 Å². The molecule has 0 bridgehead atoms. The smallest absolute Gasteiger partial charge is 0.134 e. The van der Waals surface area contributed by atoms with E-state index in [-0.39, 0.29) is 5.41 Å². The van der Waals surface area contributed by atoms with Gasteiger partial charge in [-0.3, -0.25) is 5.10 Å². The van der Waals surface area contributed by atoms with Gasteiger partial charge in [0.2, 0.25) is 0 Å². The summed E-state index contributed by atoms with van der Waals surface area (Å²) in [5.41, 5.74) is 2.99. The zero-order valence-corrected chi connectivity index (χ0v) is 13.5. The number of allylic oxidation sites excluding steroid dienone is 3. The Balaban J connectivity index is 1.71. The van der Waals surface area contributed by atoms with Gasteiger partial charge in [0.15, 0.2) is 0 Å². The van der Waals surface area contributed by atoms with Gasteiger partial charge in [-0.15, -0.1) is 0 Å². The molecule has 22 heavy (non-hydrogen) atoms. The number of aromatic amines is 1. The minimum absolute atomic E-state index is 0.193. The topological polar surface area (TPSA) is 37.9 Å². The molecule has 1 aliphatic carbocycles. The van der Waals surface area contributed by atoms with E-state index in [2.05, 4.69) is 29.3 Å². The van der Waals surface area contributed by atoms with Crippen LogP contribution in [0.4, 0.5) is 0 Å². The maximum atomic E-state index is 6.42. The summed E-state index contributed by atoms with van der Waals surface area (Å²) >= 11 is 6.42. The van der Waals surface area contributed by atoms with Crippen molar-refractivity contribution in [1.82, 2.24) is 10.2 Å². The van der Waals surface area contributed by atoms with E-state index >= 15 is 0 Å². The average molecular weight is 315 g/mol. The first kappa shape index (κ1) is 14.9. The highest BCUT2D eigenvalue weighted by Gasteiger charge is 2.30. The number of hydrogen-bond donors (Lipinski definition) is 1. The molecule has 1 aromatic heterocycles. The number of nitrogens with zero attached hydrogens (tertiary/aromatic N) is 1. The lowest BCUT2D eigenvalue weighted by molar-refractivity contribution is 0.205. The number of hydrogen-bond acceptors (Lipinski definition) is 2. The highest BCUT2D eigenvalue weighted by atomic mass is 35.5. The fourth-order valence-corrected chi connectivity index (χ4v) is 2.94. The van der Waals surface area contributed by atoms with E-state index in [4.69, 9.17) is 16.3 Å². The van der Waals surface area contributed by atoms with Crippen LogP contribution in [0.25, 0.3) is 0 Å². The zero-order chi connectivity index (χ0) is 15.6. The Morgan fingerprint density at radius 2 is 2.09 bits per heavy atom. The fourth-order valence-electron chi connectivity index (χ4n) is 2.56. The molecule has 1 aromatic carbocycles. The third-order valence-corrected chi connectivity index (χ3v) is 4.22. The summed E-state index contributed by atoms with van der Waals surface area (Å²) in [6.07, 6.45) is 4.90. The van der Waals surface area contributed by atoms with Crippen LogP contribution in [0.1, 0.15) is 30.3 Å². The quantitative estimate of drug-likeness (QED) is 0.895. The van der Waals surface area contributed by atoms with E-state index < -0.39 is 0 Å². The van der Waals surface area contributed by atoms with E-state index in [9.17, 15) is 0 Å². The van der Waals surface area contributed by atoms with Crippen molar-refractivity contribution in [3.05, 3.63) is 76.3 Å². The first-order valence-electron chi connectivity index (χ1n) is 7.35. The Hall–Kier alpha value is -2.00. The lowest BCUT2D eigenvalue weighted by Crippen LogP contribution is -2.22. The number of aryl methyl sites for hydroxylation is 1. The number of benzene rings is 1. The predicted octanol–water partition coefficient (Wildman–Crippen LogP) is 4.60.